The smallest absolute Gasteiger partial charge is 0.229 e. The Morgan fingerprint density at radius 2 is 1.72 bits per heavy atom. The molecule has 1 amide bonds. The summed E-state index contributed by atoms with van der Waals surface area (Å²) in [5.41, 5.74) is 3.17. The summed E-state index contributed by atoms with van der Waals surface area (Å²) in [6.07, 6.45) is 2.75. The van der Waals surface area contributed by atoms with Crippen LogP contribution in [0.25, 0.3) is 0 Å². The minimum Gasteiger partial charge on any atom is -0.315 e. The zero-order chi connectivity index (χ0) is 18.6. The maximum atomic E-state index is 12.8. The summed E-state index contributed by atoms with van der Waals surface area (Å²) in [7, 11) is -1.36. The first-order valence-corrected chi connectivity index (χ1v) is 10.7. The summed E-state index contributed by atoms with van der Waals surface area (Å²) in [5.74, 6) is 0.184. The fraction of sp³-hybridized carbons (Fsp3) is 0.632. The summed E-state index contributed by atoms with van der Waals surface area (Å²) >= 11 is 0. The Kier molecular flexibility index (Phi) is 6.63. The van der Waals surface area contributed by atoms with E-state index in [1.54, 1.807) is 16.3 Å². The zero-order valence-electron chi connectivity index (χ0n) is 15.8. The number of hydrogen-bond acceptors (Lipinski definition) is 3. The maximum Gasteiger partial charge on any atom is 0.229 e. The third-order valence-electron chi connectivity index (χ3n) is 4.88. The number of nitrogens with zero attached hydrogens (tertiary/aromatic N) is 2. The lowest BCUT2D eigenvalue weighted by molar-refractivity contribution is -0.123. The molecule has 0 radical (unpaired) electrons. The fourth-order valence-corrected chi connectivity index (χ4v) is 5.06. The van der Waals surface area contributed by atoms with E-state index in [0.717, 1.165) is 23.2 Å². The lowest BCUT2D eigenvalue weighted by Crippen LogP contribution is -2.44. The van der Waals surface area contributed by atoms with Crippen LogP contribution in [0.4, 0.5) is 5.69 Å². The van der Waals surface area contributed by atoms with Gasteiger partial charge in [0.25, 0.3) is 0 Å². The molecule has 1 saturated heterocycles. The molecule has 1 aliphatic heterocycles. The van der Waals surface area contributed by atoms with Crippen LogP contribution in [-0.4, -0.2) is 44.5 Å². The Morgan fingerprint density at radius 1 is 1.16 bits per heavy atom. The molecular formula is C19H30N2O3S. The van der Waals surface area contributed by atoms with Crippen molar-refractivity contribution in [3.63, 3.8) is 0 Å². The molecule has 1 aliphatic rings. The first-order chi connectivity index (χ1) is 11.7. The molecule has 1 heterocycles. The molecule has 0 bridgehead atoms. The van der Waals surface area contributed by atoms with Crippen LogP contribution in [0.3, 0.4) is 0 Å². The molecule has 1 aromatic rings. The molecule has 0 spiro atoms. The molecule has 0 aromatic heterocycles. The summed E-state index contributed by atoms with van der Waals surface area (Å²) < 4.78 is 26.1. The van der Waals surface area contributed by atoms with Crippen molar-refractivity contribution < 1.29 is 13.2 Å². The van der Waals surface area contributed by atoms with Crippen molar-refractivity contribution in [1.29, 1.82) is 0 Å². The van der Waals surface area contributed by atoms with Crippen LogP contribution >= 0.6 is 0 Å². The van der Waals surface area contributed by atoms with Gasteiger partial charge in [0.05, 0.1) is 5.75 Å². The molecule has 0 saturated carbocycles. The number of carbonyl (C=O) groups excluding carboxylic acids is 1. The van der Waals surface area contributed by atoms with Crippen LogP contribution < -0.4 is 4.90 Å². The molecule has 0 unspecified atom stereocenters. The van der Waals surface area contributed by atoms with Crippen molar-refractivity contribution in [2.24, 2.45) is 5.92 Å². The monoisotopic (exact) mass is 366 g/mol. The highest BCUT2D eigenvalue weighted by Gasteiger charge is 2.32. The van der Waals surface area contributed by atoms with Gasteiger partial charge in [-0.3, -0.25) is 4.79 Å². The summed E-state index contributed by atoms with van der Waals surface area (Å²) in [6.45, 7) is 6.93. The largest absolute Gasteiger partial charge is 0.315 e. The van der Waals surface area contributed by atoms with Crippen molar-refractivity contribution in [1.82, 2.24) is 4.31 Å². The van der Waals surface area contributed by atoms with Gasteiger partial charge in [0.2, 0.25) is 15.9 Å². The number of amides is 1. The molecule has 0 aliphatic carbocycles. The minimum atomic E-state index is -3.17. The number of benzene rings is 1. The van der Waals surface area contributed by atoms with Crippen molar-refractivity contribution in [2.45, 2.75) is 46.5 Å². The van der Waals surface area contributed by atoms with Gasteiger partial charge in [0.15, 0.2) is 0 Å². The Bertz CT molecular complexity index is 687. The molecular weight excluding hydrogens is 336 g/mol. The Morgan fingerprint density at radius 3 is 2.24 bits per heavy atom. The van der Waals surface area contributed by atoms with Crippen molar-refractivity contribution >= 4 is 21.6 Å². The van der Waals surface area contributed by atoms with Crippen LogP contribution in [0, 0.1) is 19.8 Å². The number of anilines is 1. The van der Waals surface area contributed by atoms with Gasteiger partial charge < -0.3 is 4.90 Å². The fourth-order valence-electron chi connectivity index (χ4n) is 3.38. The quantitative estimate of drug-likeness (QED) is 0.777. The molecule has 140 valence electrons. The molecule has 2 rings (SSSR count). The van der Waals surface area contributed by atoms with Gasteiger partial charge in [0, 0.05) is 31.7 Å². The van der Waals surface area contributed by atoms with Gasteiger partial charge in [-0.2, -0.15) is 0 Å². The summed E-state index contributed by atoms with van der Waals surface area (Å²) in [5, 5.41) is 0. The summed E-state index contributed by atoms with van der Waals surface area (Å²) in [6, 6.07) is 6.10. The van der Waals surface area contributed by atoms with Gasteiger partial charge in [-0.25, -0.2) is 12.7 Å². The average molecular weight is 367 g/mol. The predicted octanol–water partition coefficient (Wildman–Crippen LogP) is 3.11. The highest BCUT2D eigenvalue weighted by atomic mass is 32.2. The third-order valence-corrected chi connectivity index (χ3v) is 6.83. The average Bonchev–Trinajstić information content (AvgIpc) is 2.58. The lowest BCUT2D eigenvalue weighted by Gasteiger charge is -2.32. The first-order valence-electron chi connectivity index (χ1n) is 9.08. The van der Waals surface area contributed by atoms with E-state index in [4.69, 9.17) is 0 Å². The third kappa shape index (κ3) is 5.05. The molecule has 1 aromatic carbocycles. The number of rotatable bonds is 6. The standard InChI is InChI=1S/C19H30N2O3S/c1-5-6-11-25(23,24)21-9-7-17(8-10-21)19(22)20(4)18-13-15(2)12-16(3)14-18/h12-14,17H,5-11H2,1-4H3. The van der Waals surface area contributed by atoms with Gasteiger partial charge in [-0.1, -0.05) is 19.4 Å². The van der Waals surface area contributed by atoms with E-state index < -0.39 is 10.0 Å². The van der Waals surface area contributed by atoms with Crippen LogP contribution in [-0.2, 0) is 14.8 Å². The Labute approximate surface area is 152 Å². The number of hydrogen-bond donors (Lipinski definition) is 0. The van der Waals surface area contributed by atoms with E-state index in [1.165, 1.54) is 0 Å². The molecule has 6 heteroatoms. The topological polar surface area (TPSA) is 57.7 Å². The molecule has 0 atom stereocenters. The van der Waals surface area contributed by atoms with E-state index >= 15 is 0 Å². The summed E-state index contributed by atoms with van der Waals surface area (Å²) in [4.78, 5) is 14.5. The highest BCUT2D eigenvalue weighted by Crippen LogP contribution is 2.25. The second-order valence-electron chi connectivity index (χ2n) is 7.09. The molecule has 5 nitrogen and oxygen atoms in total. The number of piperidine rings is 1. The minimum absolute atomic E-state index is 0.0793. The van der Waals surface area contributed by atoms with E-state index in [2.05, 4.69) is 6.07 Å². The van der Waals surface area contributed by atoms with E-state index in [9.17, 15) is 13.2 Å². The van der Waals surface area contributed by atoms with E-state index in [0.29, 0.717) is 32.4 Å². The molecule has 25 heavy (non-hydrogen) atoms. The maximum absolute atomic E-state index is 12.8. The van der Waals surface area contributed by atoms with E-state index in [1.807, 2.05) is 32.9 Å². The van der Waals surface area contributed by atoms with Crippen LogP contribution in [0.1, 0.15) is 43.7 Å². The number of unbranched alkanes of at least 4 members (excludes halogenated alkanes) is 1. The van der Waals surface area contributed by atoms with Crippen molar-refractivity contribution in [3.8, 4) is 0 Å². The van der Waals surface area contributed by atoms with Gasteiger partial charge in [0.1, 0.15) is 0 Å². The van der Waals surface area contributed by atoms with Crippen molar-refractivity contribution in [3.05, 3.63) is 29.3 Å². The predicted molar refractivity (Wildman–Crippen MR) is 102 cm³/mol. The van der Waals surface area contributed by atoms with Crippen molar-refractivity contribution in [2.75, 3.05) is 30.8 Å². The van der Waals surface area contributed by atoms with Gasteiger partial charge in [-0.15, -0.1) is 0 Å². The SMILES string of the molecule is CCCCS(=O)(=O)N1CCC(C(=O)N(C)c2cc(C)cc(C)c2)CC1. The van der Waals surface area contributed by atoms with Crippen LogP contribution in [0.5, 0.6) is 0 Å². The normalized spacial score (nSPS) is 16.8. The molecule has 0 N–H and O–H groups in total. The van der Waals surface area contributed by atoms with Gasteiger partial charge in [-0.05, 0) is 56.4 Å². The number of sulfonamides is 1. The second-order valence-corrected chi connectivity index (χ2v) is 9.17. The van der Waals surface area contributed by atoms with E-state index in [-0.39, 0.29) is 17.6 Å². The van der Waals surface area contributed by atoms with Crippen LogP contribution in [0.2, 0.25) is 0 Å². The Balaban J connectivity index is 1.99. The highest BCUT2D eigenvalue weighted by molar-refractivity contribution is 7.89. The number of aryl methyl sites for hydroxylation is 2. The van der Waals surface area contributed by atoms with Crippen LogP contribution in [0.15, 0.2) is 18.2 Å². The second kappa shape index (κ2) is 8.32. The molecule has 1 fully saturated rings. The number of carbonyl (C=O) groups is 1. The first kappa shape index (κ1) is 19.9. The lowest BCUT2D eigenvalue weighted by atomic mass is 9.96. The zero-order valence-corrected chi connectivity index (χ0v) is 16.6. The Hall–Kier alpha value is -1.40. The van der Waals surface area contributed by atoms with Gasteiger partial charge >= 0.3 is 0 Å².